The van der Waals surface area contributed by atoms with E-state index in [2.05, 4.69) is 40.7 Å². The zero-order valence-corrected chi connectivity index (χ0v) is 14.3. The molecule has 0 spiro atoms. The number of rotatable bonds is 1. The van der Waals surface area contributed by atoms with Crippen LogP contribution < -0.4 is 5.32 Å². The van der Waals surface area contributed by atoms with Crippen LogP contribution in [0.15, 0.2) is 48.2 Å². The lowest BCUT2D eigenvalue weighted by Crippen LogP contribution is -2.39. The number of pyridine rings is 1. The molecule has 0 saturated heterocycles. The zero-order valence-electron chi connectivity index (χ0n) is 14.3. The molecule has 3 nitrogen and oxygen atoms in total. The predicted octanol–water partition coefficient (Wildman–Crippen LogP) is 4.89. The van der Waals surface area contributed by atoms with E-state index < -0.39 is 0 Å². The van der Waals surface area contributed by atoms with Crippen molar-refractivity contribution in [2.75, 3.05) is 5.32 Å². The molecule has 25 heavy (non-hydrogen) atoms. The highest BCUT2D eigenvalue weighted by Crippen LogP contribution is 2.46. The largest absolute Gasteiger partial charge is 0.377 e. The summed E-state index contributed by atoms with van der Waals surface area (Å²) in [6.07, 6.45) is 12.4. The maximum absolute atomic E-state index is 12.9. The number of nitrogens with one attached hydrogen (secondary N) is 1. The molecule has 1 aliphatic heterocycles. The van der Waals surface area contributed by atoms with Crippen LogP contribution in [0.3, 0.4) is 0 Å². The molecule has 126 valence electrons. The topological polar surface area (TPSA) is 42.0 Å². The van der Waals surface area contributed by atoms with E-state index in [1.165, 1.54) is 16.8 Å². The minimum absolute atomic E-state index is 0.161. The molecule has 2 unspecified atom stereocenters. The van der Waals surface area contributed by atoms with Gasteiger partial charge in [0, 0.05) is 34.8 Å². The van der Waals surface area contributed by atoms with Gasteiger partial charge < -0.3 is 5.32 Å². The third-order valence-electron chi connectivity index (χ3n) is 5.95. The highest BCUT2D eigenvalue weighted by atomic mass is 16.1. The van der Waals surface area contributed by atoms with E-state index in [0.717, 1.165) is 48.6 Å². The third kappa shape index (κ3) is 2.33. The van der Waals surface area contributed by atoms with Gasteiger partial charge in [-0.25, -0.2) is 0 Å². The fourth-order valence-corrected chi connectivity index (χ4v) is 4.80. The van der Waals surface area contributed by atoms with Crippen LogP contribution in [-0.4, -0.2) is 16.8 Å². The summed E-state index contributed by atoms with van der Waals surface area (Å²) in [4.78, 5) is 17.4. The van der Waals surface area contributed by atoms with Crippen molar-refractivity contribution >= 4 is 27.9 Å². The van der Waals surface area contributed by atoms with Crippen molar-refractivity contribution in [1.82, 2.24) is 4.98 Å². The standard InChI is InChI=1S/C22H22N2O/c25-19-10-4-8-16-20-15-9-5-13-23-17(15)11-12-18(20)24-22(21(16)19)14-6-2-1-3-7-14/h1-2,5,9,11-14,22,24H,3-4,6-8,10H2. The van der Waals surface area contributed by atoms with E-state index in [9.17, 15) is 4.79 Å². The Bertz CT molecular complexity index is 925. The molecule has 0 saturated carbocycles. The molecule has 2 atom stereocenters. The lowest BCUT2D eigenvalue weighted by Gasteiger charge is -2.39. The molecule has 5 rings (SSSR count). The summed E-state index contributed by atoms with van der Waals surface area (Å²) in [6, 6.07) is 8.53. The summed E-state index contributed by atoms with van der Waals surface area (Å²) in [6.45, 7) is 0. The lowest BCUT2D eigenvalue weighted by atomic mass is 9.73. The quantitative estimate of drug-likeness (QED) is 0.757. The number of fused-ring (bicyclic) bond motifs is 4. The number of carbonyl (C=O) groups is 1. The number of ketones is 1. The van der Waals surface area contributed by atoms with Gasteiger partial charge >= 0.3 is 0 Å². The second-order valence-corrected chi connectivity index (χ2v) is 7.39. The van der Waals surface area contributed by atoms with Gasteiger partial charge in [0.05, 0.1) is 11.6 Å². The van der Waals surface area contributed by atoms with Crippen LogP contribution in [0.25, 0.3) is 16.5 Å². The number of carbonyl (C=O) groups excluding carboxylic acids is 1. The van der Waals surface area contributed by atoms with Gasteiger partial charge in [0.15, 0.2) is 5.78 Å². The summed E-state index contributed by atoms with van der Waals surface area (Å²) < 4.78 is 0. The molecule has 0 fully saturated rings. The Morgan fingerprint density at radius 1 is 1.12 bits per heavy atom. The normalized spacial score (nSPS) is 25.5. The first-order valence-corrected chi connectivity index (χ1v) is 9.39. The Morgan fingerprint density at radius 3 is 2.96 bits per heavy atom. The average Bonchev–Trinajstić information content (AvgIpc) is 2.68. The number of nitrogens with zero attached hydrogens (tertiary/aromatic N) is 1. The van der Waals surface area contributed by atoms with Crippen LogP contribution in [-0.2, 0) is 4.79 Å². The Hall–Kier alpha value is -2.42. The van der Waals surface area contributed by atoms with Crippen molar-refractivity contribution in [2.24, 2.45) is 5.92 Å². The molecular weight excluding hydrogens is 308 g/mol. The van der Waals surface area contributed by atoms with Crippen LogP contribution >= 0.6 is 0 Å². The molecule has 2 heterocycles. The molecular formula is C22H22N2O. The number of anilines is 1. The van der Waals surface area contributed by atoms with Gasteiger partial charge in [0.25, 0.3) is 0 Å². The van der Waals surface area contributed by atoms with E-state index in [-0.39, 0.29) is 6.04 Å². The molecule has 3 heteroatoms. The fraction of sp³-hybridized carbons (Fsp3) is 0.364. The van der Waals surface area contributed by atoms with Gasteiger partial charge in [-0.15, -0.1) is 0 Å². The number of allylic oxidation sites excluding steroid dienone is 3. The molecule has 1 N–H and O–H groups in total. The van der Waals surface area contributed by atoms with Crippen molar-refractivity contribution in [1.29, 1.82) is 0 Å². The van der Waals surface area contributed by atoms with Crippen LogP contribution in [0.5, 0.6) is 0 Å². The molecule has 3 aliphatic rings. The number of Topliss-reactive ketones (excluding diaryl/α,β-unsaturated/α-hetero) is 1. The fourth-order valence-electron chi connectivity index (χ4n) is 4.80. The molecule has 1 aromatic carbocycles. The summed E-state index contributed by atoms with van der Waals surface area (Å²) in [5, 5.41) is 4.91. The highest BCUT2D eigenvalue weighted by Gasteiger charge is 2.37. The van der Waals surface area contributed by atoms with E-state index in [1.807, 2.05) is 12.3 Å². The van der Waals surface area contributed by atoms with Gasteiger partial charge in [0.1, 0.15) is 0 Å². The third-order valence-corrected chi connectivity index (χ3v) is 5.95. The summed E-state index contributed by atoms with van der Waals surface area (Å²) in [7, 11) is 0. The van der Waals surface area contributed by atoms with E-state index in [4.69, 9.17) is 0 Å². The van der Waals surface area contributed by atoms with Crippen LogP contribution in [0.1, 0.15) is 44.1 Å². The number of hydrogen-bond acceptors (Lipinski definition) is 3. The minimum atomic E-state index is 0.161. The summed E-state index contributed by atoms with van der Waals surface area (Å²) in [5.74, 6) is 0.856. The van der Waals surface area contributed by atoms with Crippen LogP contribution in [0.4, 0.5) is 5.69 Å². The monoisotopic (exact) mass is 330 g/mol. The van der Waals surface area contributed by atoms with Crippen LogP contribution in [0.2, 0.25) is 0 Å². The summed E-state index contributed by atoms with van der Waals surface area (Å²) >= 11 is 0. The Morgan fingerprint density at radius 2 is 2.08 bits per heavy atom. The zero-order chi connectivity index (χ0) is 16.8. The molecule has 1 aromatic heterocycles. The maximum Gasteiger partial charge on any atom is 0.161 e. The average molecular weight is 330 g/mol. The first-order valence-electron chi connectivity index (χ1n) is 9.39. The number of hydrogen-bond donors (Lipinski definition) is 1. The Labute approximate surface area is 147 Å². The number of aromatic nitrogens is 1. The van der Waals surface area contributed by atoms with Gasteiger partial charge in [-0.2, -0.15) is 0 Å². The molecule has 0 amide bonds. The van der Waals surface area contributed by atoms with Crippen molar-refractivity contribution in [3.8, 4) is 0 Å². The Kier molecular flexibility index (Phi) is 3.47. The molecule has 0 bridgehead atoms. The first-order chi connectivity index (χ1) is 12.3. The molecule has 2 aliphatic carbocycles. The van der Waals surface area contributed by atoms with Gasteiger partial charge in [-0.1, -0.05) is 18.2 Å². The first kappa shape index (κ1) is 14.9. The van der Waals surface area contributed by atoms with Gasteiger partial charge in [-0.3, -0.25) is 9.78 Å². The Balaban J connectivity index is 1.73. The highest BCUT2D eigenvalue weighted by molar-refractivity contribution is 6.12. The van der Waals surface area contributed by atoms with Crippen molar-refractivity contribution < 1.29 is 4.79 Å². The van der Waals surface area contributed by atoms with Crippen molar-refractivity contribution in [3.63, 3.8) is 0 Å². The lowest BCUT2D eigenvalue weighted by molar-refractivity contribution is -0.116. The van der Waals surface area contributed by atoms with E-state index >= 15 is 0 Å². The van der Waals surface area contributed by atoms with Crippen LogP contribution in [0, 0.1) is 5.92 Å². The summed E-state index contributed by atoms with van der Waals surface area (Å²) in [5.41, 5.74) is 5.75. The van der Waals surface area contributed by atoms with Crippen molar-refractivity contribution in [3.05, 3.63) is 53.8 Å². The molecule has 0 radical (unpaired) electrons. The van der Waals surface area contributed by atoms with E-state index in [0.29, 0.717) is 18.1 Å². The predicted molar refractivity (Wildman–Crippen MR) is 101 cm³/mol. The van der Waals surface area contributed by atoms with Gasteiger partial charge in [0.2, 0.25) is 0 Å². The molecule has 2 aromatic rings. The van der Waals surface area contributed by atoms with Gasteiger partial charge in [-0.05, 0) is 61.8 Å². The smallest absolute Gasteiger partial charge is 0.161 e. The van der Waals surface area contributed by atoms with E-state index in [1.54, 1.807) is 0 Å². The minimum Gasteiger partial charge on any atom is -0.377 e. The van der Waals surface area contributed by atoms with Crippen molar-refractivity contribution in [2.45, 2.75) is 44.6 Å². The second kappa shape index (κ2) is 5.83. The second-order valence-electron chi connectivity index (χ2n) is 7.39. The SMILES string of the molecule is O=C1CCCC2=C1C(C1CC=CCC1)Nc1ccc3ncccc3c12. The number of benzene rings is 1. The maximum atomic E-state index is 12.9.